The summed E-state index contributed by atoms with van der Waals surface area (Å²) >= 11 is 3.89. The second kappa shape index (κ2) is 16.1. The molecule has 0 aliphatic heterocycles. The van der Waals surface area contributed by atoms with Crippen LogP contribution in [0.1, 0.15) is 13.3 Å². The number of hydroxylamine groups is 1. The fourth-order valence-corrected chi connectivity index (χ4v) is 0.112. The molecule has 0 saturated carbocycles. The number of rotatable bonds is 2. The molecule has 0 bridgehead atoms. The quantitative estimate of drug-likeness (QED) is 0.441. The molecule has 0 fully saturated rings. The highest BCUT2D eigenvalue weighted by Crippen LogP contribution is 1.62. The Hall–Kier alpha value is 0.440. The normalized spacial score (nSPS) is 6.57. The minimum absolute atomic E-state index is 0.694. The Labute approximate surface area is 51.1 Å². The first kappa shape index (κ1) is 10.4. The van der Waals surface area contributed by atoms with E-state index in [9.17, 15) is 0 Å². The van der Waals surface area contributed by atoms with Crippen molar-refractivity contribution in [2.75, 3.05) is 6.54 Å². The Morgan fingerprint density at radius 2 is 2.14 bits per heavy atom. The number of hydrogen-bond donors (Lipinski definition) is 2. The molecule has 0 amide bonds. The molecule has 0 radical (unpaired) electrons. The van der Waals surface area contributed by atoms with Crippen LogP contribution >= 0.6 is 8.02 Å². The van der Waals surface area contributed by atoms with E-state index >= 15 is 0 Å². The molecular weight excluding hydrogens is 129 g/mol. The van der Waals surface area contributed by atoms with Gasteiger partial charge in [-0.05, 0) is 14.4 Å². The summed E-state index contributed by atoms with van der Waals surface area (Å²) in [6.45, 7) is 2.68. The van der Waals surface area contributed by atoms with Gasteiger partial charge in [-0.25, -0.2) is 5.48 Å². The fraction of sp³-hybridized carbons (Fsp3) is 1.00. The highest BCUT2D eigenvalue weighted by atomic mass is 32.4. The first-order valence-electron chi connectivity index (χ1n) is 1.99. The van der Waals surface area contributed by atoms with Crippen LogP contribution in [0, 0.1) is 0 Å². The van der Waals surface area contributed by atoms with E-state index in [1.807, 2.05) is 12.4 Å². The summed E-state index contributed by atoms with van der Waals surface area (Å²) in [5.74, 6) is 0. The maximum atomic E-state index is 7.82. The predicted molar refractivity (Wildman–Crippen MR) is 35.8 cm³/mol. The van der Waals surface area contributed by atoms with Crippen LogP contribution in [-0.2, 0) is 11.8 Å². The van der Waals surface area contributed by atoms with Crippen LogP contribution < -0.4 is 5.48 Å². The van der Waals surface area contributed by atoms with Crippen LogP contribution in [0.4, 0.5) is 0 Å². The van der Waals surface area contributed by atoms with E-state index in [-0.39, 0.29) is 0 Å². The van der Waals surface area contributed by atoms with Gasteiger partial charge in [-0.15, -0.1) is 0 Å². The summed E-state index contributed by atoms with van der Waals surface area (Å²) in [7, 11) is 2.56. The van der Waals surface area contributed by atoms with E-state index in [1.54, 1.807) is 0 Å². The van der Waals surface area contributed by atoms with Crippen LogP contribution in [0.2, 0.25) is 0 Å². The molecule has 44 valence electrons. The van der Waals surface area contributed by atoms with Crippen molar-refractivity contribution < 1.29 is 5.21 Å². The van der Waals surface area contributed by atoms with Gasteiger partial charge in [0.1, 0.15) is 0 Å². The Morgan fingerprint density at radius 1 is 1.71 bits per heavy atom. The van der Waals surface area contributed by atoms with E-state index in [0.717, 1.165) is 6.42 Å². The minimum Gasteiger partial charge on any atom is -0.317 e. The minimum atomic E-state index is 0.694. The molecule has 0 heterocycles. The summed E-state index contributed by atoms with van der Waals surface area (Å²) in [5.41, 5.74) is 2.02. The summed E-state index contributed by atoms with van der Waals surface area (Å²) in [6, 6.07) is 0. The van der Waals surface area contributed by atoms with E-state index in [4.69, 9.17) is 5.21 Å². The van der Waals surface area contributed by atoms with Crippen LogP contribution in [0.25, 0.3) is 0 Å². The SMILES string of the molecule is CCCNO.P=S. The molecule has 0 aliphatic rings. The average Bonchev–Trinajstić information content (AvgIpc) is 1.75. The molecule has 4 heteroatoms. The maximum absolute atomic E-state index is 7.82. The molecule has 0 spiro atoms. The lowest BCUT2D eigenvalue weighted by Gasteiger charge is -1.83. The van der Waals surface area contributed by atoms with Crippen molar-refractivity contribution in [3.8, 4) is 0 Å². The van der Waals surface area contributed by atoms with Gasteiger partial charge >= 0.3 is 0 Å². The molecule has 0 atom stereocenters. The Kier molecular flexibility index (Phi) is 24.0. The highest BCUT2D eigenvalue weighted by molar-refractivity contribution is 7.88. The van der Waals surface area contributed by atoms with Crippen molar-refractivity contribution >= 4 is 19.8 Å². The van der Waals surface area contributed by atoms with E-state index in [0.29, 0.717) is 6.54 Å². The van der Waals surface area contributed by atoms with Crippen molar-refractivity contribution in [2.45, 2.75) is 13.3 Å². The molecule has 0 aliphatic carbocycles. The first-order valence-corrected chi connectivity index (χ1v) is 3.62. The van der Waals surface area contributed by atoms with Crippen molar-refractivity contribution in [1.82, 2.24) is 5.48 Å². The fourth-order valence-electron chi connectivity index (χ4n) is 0.112. The number of nitrogens with one attached hydrogen (secondary N) is 1. The number of hydrogen-bond acceptors (Lipinski definition) is 3. The van der Waals surface area contributed by atoms with Crippen molar-refractivity contribution in [1.29, 1.82) is 0 Å². The molecular formula is C3H10NOPS. The summed E-state index contributed by atoms with van der Waals surface area (Å²) in [5, 5.41) is 7.82. The molecule has 0 aromatic rings. The van der Waals surface area contributed by atoms with Crippen LogP contribution in [0.15, 0.2) is 0 Å². The second-order valence-corrected chi connectivity index (χ2v) is 0.908. The van der Waals surface area contributed by atoms with Gasteiger partial charge < -0.3 is 5.21 Å². The van der Waals surface area contributed by atoms with Gasteiger partial charge in [-0.2, -0.15) is 0 Å². The summed E-state index contributed by atoms with van der Waals surface area (Å²) in [6.07, 6.45) is 0.983. The predicted octanol–water partition coefficient (Wildman–Crippen LogP) is 0.966. The monoisotopic (exact) mass is 139 g/mol. The van der Waals surface area contributed by atoms with Crippen molar-refractivity contribution in [3.63, 3.8) is 0 Å². The van der Waals surface area contributed by atoms with Crippen LogP contribution in [0.3, 0.4) is 0 Å². The topological polar surface area (TPSA) is 32.3 Å². The van der Waals surface area contributed by atoms with Gasteiger partial charge in [0.15, 0.2) is 0 Å². The Morgan fingerprint density at radius 3 is 2.14 bits per heavy atom. The van der Waals surface area contributed by atoms with Gasteiger partial charge in [0.25, 0.3) is 0 Å². The van der Waals surface area contributed by atoms with Gasteiger partial charge in [-0.1, -0.05) is 18.7 Å². The Balaban J connectivity index is 0. The maximum Gasteiger partial charge on any atom is 0.0204 e. The molecule has 7 heavy (non-hydrogen) atoms. The third kappa shape index (κ3) is 21.3. The lowest BCUT2D eigenvalue weighted by atomic mass is 10.5. The molecule has 0 unspecified atom stereocenters. The lowest BCUT2D eigenvalue weighted by Crippen LogP contribution is -2.06. The summed E-state index contributed by atoms with van der Waals surface area (Å²) in [4.78, 5) is 0. The third-order valence-electron chi connectivity index (χ3n) is 0.362. The smallest absolute Gasteiger partial charge is 0.0204 e. The molecule has 2 N–H and O–H groups in total. The van der Waals surface area contributed by atoms with Gasteiger partial charge in [0, 0.05) is 6.54 Å². The van der Waals surface area contributed by atoms with Gasteiger partial charge in [0.05, 0.1) is 0 Å². The van der Waals surface area contributed by atoms with Crippen LogP contribution in [0.5, 0.6) is 0 Å². The molecule has 0 saturated heterocycles. The van der Waals surface area contributed by atoms with Gasteiger partial charge in [-0.3, -0.25) is 0 Å². The van der Waals surface area contributed by atoms with Gasteiger partial charge in [0.2, 0.25) is 0 Å². The third-order valence-corrected chi connectivity index (χ3v) is 0.362. The largest absolute Gasteiger partial charge is 0.317 e. The van der Waals surface area contributed by atoms with Crippen molar-refractivity contribution in [3.05, 3.63) is 0 Å². The van der Waals surface area contributed by atoms with Crippen molar-refractivity contribution in [2.24, 2.45) is 0 Å². The zero-order valence-corrected chi connectivity index (χ0v) is 6.09. The highest BCUT2D eigenvalue weighted by Gasteiger charge is 1.66. The van der Waals surface area contributed by atoms with E-state index in [2.05, 4.69) is 19.8 Å². The Bertz CT molecular complexity index is 28.9. The zero-order valence-electron chi connectivity index (χ0n) is 4.27. The summed E-state index contributed by atoms with van der Waals surface area (Å²) < 4.78 is 0. The molecule has 2 nitrogen and oxygen atoms in total. The zero-order chi connectivity index (χ0) is 6.12. The van der Waals surface area contributed by atoms with E-state index < -0.39 is 0 Å². The first-order chi connectivity index (χ1) is 3.41. The average molecular weight is 139 g/mol. The molecule has 0 aromatic carbocycles. The molecule has 0 rings (SSSR count). The standard InChI is InChI=1S/C3H9NO.HPS/c1-2-3-4-5;1-2/h4-5H,2-3H2,1H3;1H. The van der Waals surface area contributed by atoms with Crippen LogP contribution in [-0.4, -0.2) is 11.8 Å². The lowest BCUT2D eigenvalue weighted by molar-refractivity contribution is 0.167. The molecule has 0 aromatic heterocycles. The van der Waals surface area contributed by atoms with E-state index in [1.165, 1.54) is 0 Å². The second-order valence-electron chi connectivity index (χ2n) is 0.908.